The number of fused-ring (bicyclic) bond motifs is 3. The smallest absolute Gasteiger partial charge is 0.263 e. The van der Waals surface area contributed by atoms with Crippen molar-refractivity contribution >= 4 is 10.9 Å². The van der Waals surface area contributed by atoms with Gasteiger partial charge in [-0.25, -0.2) is 0 Å². The number of benzene rings is 3. The van der Waals surface area contributed by atoms with E-state index in [2.05, 4.69) is 6.07 Å². The highest BCUT2D eigenvalue weighted by Crippen LogP contribution is 2.44. The van der Waals surface area contributed by atoms with Gasteiger partial charge in [0.05, 0.1) is 23.6 Å². The second-order valence-corrected chi connectivity index (χ2v) is 7.66. The highest BCUT2D eigenvalue weighted by atomic mass is 16.5. The average Bonchev–Trinajstić information content (AvgIpc) is 2.85. The highest BCUT2D eigenvalue weighted by molar-refractivity contribution is 5.89. The molecule has 0 saturated heterocycles. The first-order valence-corrected chi connectivity index (χ1v) is 10.7. The van der Waals surface area contributed by atoms with Crippen LogP contribution in [0.4, 0.5) is 0 Å². The number of pyridine rings is 1. The fourth-order valence-corrected chi connectivity index (χ4v) is 4.36. The molecular weight excluding hydrogens is 414 g/mol. The van der Waals surface area contributed by atoms with E-state index in [1.165, 1.54) is 0 Å². The monoisotopic (exact) mass is 435 g/mol. The first kappa shape index (κ1) is 20.4. The predicted molar refractivity (Wildman–Crippen MR) is 126 cm³/mol. The van der Waals surface area contributed by atoms with Crippen molar-refractivity contribution in [2.24, 2.45) is 5.73 Å². The molecule has 0 saturated carbocycles. The molecule has 0 aliphatic carbocycles. The molecule has 0 amide bonds. The molecule has 6 nitrogen and oxygen atoms in total. The van der Waals surface area contributed by atoms with Crippen LogP contribution in [-0.2, 0) is 0 Å². The van der Waals surface area contributed by atoms with Crippen LogP contribution in [0.1, 0.15) is 24.0 Å². The van der Waals surface area contributed by atoms with Gasteiger partial charge in [0.25, 0.3) is 5.56 Å². The molecule has 1 aliphatic rings. The summed E-state index contributed by atoms with van der Waals surface area (Å²) >= 11 is 0. The van der Waals surface area contributed by atoms with Gasteiger partial charge < -0.3 is 15.2 Å². The van der Waals surface area contributed by atoms with Gasteiger partial charge in [0.2, 0.25) is 5.88 Å². The molecule has 5 rings (SSSR count). The van der Waals surface area contributed by atoms with Crippen LogP contribution in [0.2, 0.25) is 0 Å². The van der Waals surface area contributed by atoms with Crippen molar-refractivity contribution in [1.82, 2.24) is 4.57 Å². The number of para-hydroxylation sites is 2. The molecule has 3 aromatic carbocycles. The van der Waals surface area contributed by atoms with Crippen molar-refractivity contribution in [2.45, 2.75) is 12.8 Å². The average molecular weight is 435 g/mol. The molecule has 2 heterocycles. The topological polar surface area (TPSA) is 90.3 Å². The maximum absolute atomic E-state index is 14.0. The summed E-state index contributed by atoms with van der Waals surface area (Å²) in [5.41, 5.74) is 8.72. The van der Waals surface area contributed by atoms with Gasteiger partial charge in [-0.3, -0.25) is 9.36 Å². The van der Waals surface area contributed by atoms with Crippen molar-refractivity contribution in [1.29, 1.82) is 5.26 Å². The number of allylic oxidation sites excluding steroid dienone is 1. The summed E-state index contributed by atoms with van der Waals surface area (Å²) in [5, 5.41) is 10.7. The van der Waals surface area contributed by atoms with Gasteiger partial charge in [0.15, 0.2) is 0 Å². The van der Waals surface area contributed by atoms with Crippen molar-refractivity contribution in [2.75, 3.05) is 6.61 Å². The number of ether oxygens (including phenoxy) is 2. The standard InChI is InChI=1S/C27H21N3O3/c1-2-32-19-14-12-17(13-15-19)23-21(16-28)26(29)33-25-20-10-6-7-11-22(20)30(27(31)24(23)25)18-8-4-3-5-9-18/h3-15,23H,2,29H2,1H3/t23-/m1/s1. The summed E-state index contributed by atoms with van der Waals surface area (Å²) in [7, 11) is 0. The lowest BCUT2D eigenvalue weighted by molar-refractivity contribution is 0.340. The van der Waals surface area contributed by atoms with Crippen LogP contribution in [0.3, 0.4) is 0 Å². The maximum Gasteiger partial charge on any atom is 0.263 e. The molecule has 1 aliphatic heterocycles. The fourth-order valence-electron chi connectivity index (χ4n) is 4.36. The maximum atomic E-state index is 14.0. The zero-order valence-corrected chi connectivity index (χ0v) is 18.0. The van der Waals surface area contributed by atoms with Crippen LogP contribution in [0.25, 0.3) is 16.6 Å². The Labute approximate surface area is 190 Å². The van der Waals surface area contributed by atoms with Gasteiger partial charge in [0.1, 0.15) is 23.1 Å². The van der Waals surface area contributed by atoms with Crippen molar-refractivity contribution < 1.29 is 9.47 Å². The zero-order valence-electron chi connectivity index (χ0n) is 18.0. The van der Waals surface area contributed by atoms with E-state index in [-0.39, 0.29) is 17.0 Å². The minimum Gasteiger partial charge on any atom is -0.494 e. The van der Waals surface area contributed by atoms with E-state index >= 15 is 0 Å². The van der Waals surface area contributed by atoms with Gasteiger partial charge in [-0.05, 0) is 48.9 Å². The van der Waals surface area contributed by atoms with E-state index in [1.807, 2.05) is 85.8 Å². The number of aromatic nitrogens is 1. The van der Waals surface area contributed by atoms with Gasteiger partial charge in [-0.1, -0.05) is 42.5 Å². The minimum atomic E-state index is -0.665. The van der Waals surface area contributed by atoms with Gasteiger partial charge >= 0.3 is 0 Å². The summed E-state index contributed by atoms with van der Waals surface area (Å²) in [6.45, 7) is 2.46. The summed E-state index contributed by atoms with van der Waals surface area (Å²) in [4.78, 5) is 14.0. The van der Waals surface area contributed by atoms with Crippen LogP contribution in [0, 0.1) is 11.3 Å². The number of hydrogen-bond donors (Lipinski definition) is 1. The molecule has 0 spiro atoms. The Hall–Kier alpha value is -4.50. The van der Waals surface area contributed by atoms with Crippen molar-refractivity contribution in [3.63, 3.8) is 0 Å². The molecule has 4 aromatic rings. The van der Waals surface area contributed by atoms with E-state index in [4.69, 9.17) is 15.2 Å². The quantitative estimate of drug-likeness (QED) is 0.506. The fraction of sp³-hybridized carbons (Fsp3) is 0.111. The first-order chi connectivity index (χ1) is 16.1. The van der Waals surface area contributed by atoms with E-state index in [1.54, 1.807) is 4.57 Å². The van der Waals surface area contributed by atoms with E-state index < -0.39 is 5.92 Å². The molecule has 1 atom stereocenters. The van der Waals surface area contributed by atoms with Crippen molar-refractivity contribution in [3.8, 4) is 23.3 Å². The molecule has 1 aromatic heterocycles. The largest absolute Gasteiger partial charge is 0.494 e. The first-order valence-electron chi connectivity index (χ1n) is 10.7. The number of nitrogens with two attached hydrogens (primary N) is 1. The Morgan fingerprint density at radius 3 is 2.42 bits per heavy atom. The molecule has 0 radical (unpaired) electrons. The Bertz CT molecular complexity index is 1480. The Morgan fingerprint density at radius 1 is 1.03 bits per heavy atom. The van der Waals surface area contributed by atoms with Crippen LogP contribution in [-0.4, -0.2) is 11.2 Å². The Kier molecular flexibility index (Phi) is 5.08. The normalized spacial score (nSPS) is 15.0. The predicted octanol–water partition coefficient (Wildman–Crippen LogP) is 4.61. The lowest BCUT2D eigenvalue weighted by atomic mass is 9.83. The molecule has 6 heteroatoms. The van der Waals surface area contributed by atoms with Crippen LogP contribution < -0.4 is 20.8 Å². The second kappa shape index (κ2) is 8.21. The summed E-state index contributed by atoms with van der Waals surface area (Å²) in [6, 6.07) is 26.5. The minimum absolute atomic E-state index is 0.00546. The number of nitrogens with zero attached hydrogens (tertiary/aromatic N) is 2. The van der Waals surface area contributed by atoms with E-state index in [0.29, 0.717) is 29.2 Å². The third kappa shape index (κ3) is 3.31. The molecule has 0 fully saturated rings. The number of nitriles is 1. The molecular formula is C27H21N3O3. The lowest BCUT2D eigenvalue weighted by Crippen LogP contribution is -2.31. The summed E-state index contributed by atoms with van der Waals surface area (Å²) < 4.78 is 13.2. The highest BCUT2D eigenvalue weighted by Gasteiger charge is 2.35. The van der Waals surface area contributed by atoms with Gasteiger partial charge in [-0.15, -0.1) is 0 Å². The third-order valence-corrected chi connectivity index (χ3v) is 5.78. The summed E-state index contributed by atoms with van der Waals surface area (Å²) in [6.07, 6.45) is 0. The molecule has 0 bridgehead atoms. The van der Waals surface area contributed by atoms with Gasteiger partial charge in [0, 0.05) is 11.1 Å². The van der Waals surface area contributed by atoms with E-state index in [9.17, 15) is 10.1 Å². The van der Waals surface area contributed by atoms with E-state index in [0.717, 1.165) is 16.6 Å². The molecule has 2 N–H and O–H groups in total. The van der Waals surface area contributed by atoms with Crippen LogP contribution in [0.15, 0.2) is 95.1 Å². The number of hydrogen-bond acceptors (Lipinski definition) is 5. The van der Waals surface area contributed by atoms with Crippen LogP contribution in [0.5, 0.6) is 11.5 Å². The van der Waals surface area contributed by atoms with Crippen LogP contribution >= 0.6 is 0 Å². The zero-order chi connectivity index (χ0) is 22.9. The Balaban J connectivity index is 1.85. The molecule has 0 unspecified atom stereocenters. The SMILES string of the molecule is CCOc1ccc([C@@H]2C(C#N)=C(N)Oc3c2c(=O)n(-c2ccccc2)c2ccccc32)cc1. The number of rotatable bonds is 4. The third-order valence-electron chi connectivity index (χ3n) is 5.78. The van der Waals surface area contributed by atoms with Gasteiger partial charge in [-0.2, -0.15) is 5.26 Å². The summed E-state index contributed by atoms with van der Waals surface area (Å²) in [5.74, 6) is 0.440. The lowest BCUT2D eigenvalue weighted by Gasteiger charge is -2.28. The molecule has 33 heavy (non-hydrogen) atoms. The van der Waals surface area contributed by atoms with Crippen molar-refractivity contribution in [3.05, 3.63) is 112 Å². The Morgan fingerprint density at radius 2 is 1.73 bits per heavy atom. The molecule has 162 valence electrons. The second-order valence-electron chi connectivity index (χ2n) is 7.66.